The van der Waals surface area contributed by atoms with Gasteiger partial charge in [0.1, 0.15) is 12.3 Å². The molecule has 6 heteroatoms. The minimum Gasteiger partial charge on any atom is -0.460 e. The molecule has 2 rings (SSSR count). The Morgan fingerprint density at radius 2 is 2.19 bits per heavy atom. The van der Waals surface area contributed by atoms with Crippen molar-refractivity contribution in [1.82, 2.24) is 5.32 Å². The van der Waals surface area contributed by atoms with Crippen molar-refractivity contribution in [3.63, 3.8) is 0 Å². The molecule has 1 heterocycles. The molecule has 0 saturated heterocycles. The molecule has 6 nitrogen and oxygen atoms in total. The molecule has 0 amide bonds. The molecule has 1 saturated carbocycles. The first kappa shape index (κ1) is 15.4. The molecular weight excluding hydrogens is 270 g/mol. The standard InChI is InChI=1S/C15H23N3O3/c1-2-20-14(19)13-9-8-12(21-13)10-17-15(16)18-11-6-4-3-5-7-11/h8-9,11H,2-7,10H2,1H3,(H3,16,17,18). The molecule has 0 aromatic carbocycles. The van der Waals surface area contributed by atoms with E-state index in [4.69, 9.17) is 14.9 Å². The zero-order valence-electron chi connectivity index (χ0n) is 12.4. The smallest absolute Gasteiger partial charge is 0.374 e. The van der Waals surface area contributed by atoms with Crippen molar-refractivity contribution in [3.05, 3.63) is 23.7 Å². The minimum atomic E-state index is -0.457. The van der Waals surface area contributed by atoms with Gasteiger partial charge in [-0.25, -0.2) is 9.79 Å². The molecule has 1 aliphatic rings. The van der Waals surface area contributed by atoms with E-state index in [2.05, 4.69) is 10.3 Å². The van der Waals surface area contributed by atoms with Crippen molar-refractivity contribution in [2.24, 2.45) is 10.7 Å². The molecule has 1 fully saturated rings. The lowest BCUT2D eigenvalue weighted by atomic mass is 9.96. The maximum atomic E-state index is 11.5. The summed E-state index contributed by atoms with van der Waals surface area (Å²) in [5, 5.41) is 3.23. The Morgan fingerprint density at radius 3 is 2.90 bits per heavy atom. The number of nitrogens with zero attached hydrogens (tertiary/aromatic N) is 1. The van der Waals surface area contributed by atoms with Crippen LogP contribution in [0.3, 0.4) is 0 Å². The average molecular weight is 293 g/mol. The highest BCUT2D eigenvalue weighted by atomic mass is 16.5. The topological polar surface area (TPSA) is 89.8 Å². The number of nitrogens with two attached hydrogens (primary N) is 1. The van der Waals surface area contributed by atoms with Crippen LogP contribution in [0.25, 0.3) is 0 Å². The van der Waals surface area contributed by atoms with E-state index in [-0.39, 0.29) is 5.76 Å². The second-order valence-corrected chi connectivity index (χ2v) is 5.17. The summed E-state index contributed by atoms with van der Waals surface area (Å²) in [6.45, 7) is 2.39. The summed E-state index contributed by atoms with van der Waals surface area (Å²) in [4.78, 5) is 15.7. The molecule has 1 aliphatic carbocycles. The predicted molar refractivity (Wildman–Crippen MR) is 80.0 cm³/mol. The largest absolute Gasteiger partial charge is 0.460 e. The van der Waals surface area contributed by atoms with Crippen LogP contribution in [-0.4, -0.2) is 24.6 Å². The summed E-state index contributed by atoms with van der Waals surface area (Å²) in [5.74, 6) is 0.754. The van der Waals surface area contributed by atoms with Crippen molar-refractivity contribution in [2.75, 3.05) is 6.61 Å². The number of furan rings is 1. The monoisotopic (exact) mass is 293 g/mol. The van der Waals surface area contributed by atoms with Crippen LogP contribution in [0.5, 0.6) is 0 Å². The van der Waals surface area contributed by atoms with Gasteiger partial charge in [-0.05, 0) is 31.9 Å². The first-order valence-electron chi connectivity index (χ1n) is 7.51. The maximum Gasteiger partial charge on any atom is 0.374 e. The molecule has 116 valence electrons. The van der Waals surface area contributed by atoms with Crippen molar-refractivity contribution >= 4 is 11.9 Å². The van der Waals surface area contributed by atoms with Gasteiger partial charge in [0.2, 0.25) is 5.76 Å². The summed E-state index contributed by atoms with van der Waals surface area (Å²) in [6, 6.07) is 3.73. The summed E-state index contributed by atoms with van der Waals surface area (Å²) < 4.78 is 10.2. The molecule has 0 radical (unpaired) electrons. The molecule has 0 bridgehead atoms. The van der Waals surface area contributed by atoms with Gasteiger partial charge in [0, 0.05) is 6.04 Å². The number of carbonyl (C=O) groups is 1. The second-order valence-electron chi connectivity index (χ2n) is 5.17. The third-order valence-corrected chi connectivity index (χ3v) is 3.50. The van der Waals surface area contributed by atoms with Gasteiger partial charge in [-0.3, -0.25) is 0 Å². The van der Waals surface area contributed by atoms with Crippen LogP contribution in [0.2, 0.25) is 0 Å². The molecule has 0 spiro atoms. The molecular formula is C15H23N3O3. The van der Waals surface area contributed by atoms with Crippen molar-refractivity contribution < 1.29 is 13.9 Å². The number of hydrogen-bond donors (Lipinski definition) is 2. The molecule has 0 atom stereocenters. The summed E-state index contributed by atoms with van der Waals surface area (Å²) >= 11 is 0. The molecule has 1 aromatic heterocycles. The quantitative estimate of drug-likeness (QED) is 0.493. The van der Waals surface area contributed by atoms with E-state index in [0.29, 0.717) is 30.9 Å². The second kappa shape index (κ2) is 7.71. The van der Waals surface area contributed by atoms with E-state index >= 15 is 0 Å². The van der Waals surface area contributed by atoms with Gasteiger partial charge in [-0.2, -0.15) is 0 Å². The van der Waals surface area contributed by atoms with Crippen LogP contribution in [-0.2, 0) is 11.3 Å². The Labute approximate surface area is 124 Å². The molecule has 0 unspecified atom stereocenters. The van der Waals surface area contributed by atoms with E-state index in [1.165, 1.54) is 19.3 Å². The van der Waals surface area contributed by atoms with Gasteiger partial charge < -0.3 is 20.2 Å². The Morgan fingerprint density at radius 1 is 1.43 bits per heavy atom. The van der Waals surface area contributed by atoms with E-state index < -0.39 is 5.97 Å². The first-order chi connectivity index (χ1) is 10.2. The minimum absolute atomic E-state index is 0.195. The molecule has 0 aliphatic heterocycles. The Balaban J connectivity index is 1.83. The van der Waals surface area contributed by atoms with Gasteiger partial charge in [-0.1, -0.05) is 19.3 Å². The fraction of sp³-hybridized carbons (Fsp3) is 0.600. The average Bonchev–Trinajstić information content (AvgIpc) is 2.95. The molecule has 21 heavy (non-hydrogen) atoms. The Kier molecular flexibility index (Phi) is 5.66. The third-order valence-electron chi connectivity index (χ3n) is 3.50. The third kappa shape index (κ3) is 4.81. The fourth-order valence-electron chi connectivity index (χ4n) is 2.44. The van der Waals surface area contributed by atoms with E-state index in [1.807, 2.05) is 0 Å². The van der Waals surface area contributed by atoms with Crippen molar-refractivity contribution in [2.45, 2.75) is 51.6 Å². The van der Waals surface area contributed by atoms with Crippen LogP contribution in [0, 0.1) is 0 Å². The fourth-order valence-corrected chi connectivity index (χ4v) is 2.44. The zero-order chi connectivity index (χ0) is 15.1. The Hall–Kier alpha value is -1.98. The summed E-state index contributed by atoms with van der Waals surface area (Å²) in [6.07, 6.45) is 6.07. The van der Waals surface area contributed by atoms with Crippen LogP contribution in [0.1, 0.15) is 55.3 Å². The number of guanidine groups is 1. The summed E-state index contributed by atoms with van der Waals surface area (Å²) in [7, 11) is 0. The van der Waals surface area contributed by atoms with E-state index in [1.54, 1.807) is 19.1 Å². The summed E-state index contributed by atoms with van der Waals surface area (Å²) in [5.41, 5.74) is 5.87. The normalized spacial score (nSPS) is 16.7. The van der Waals surface area contributed by atoms with Gasteiger partial charge in [0.05, 0.1) is 6.61 Å². The number of hydrogen-bond acceptors (Lipinski definition) is 4. The Bertz CT molecular complexity index is 490. The van der Waals surface area contributed by atoms with Crippen LogP contribution in [0.4, 0.5) is 0 Å². The van der Waals surface area contributed by atoms with Crippen LogP contribution < -0.4 is 11.1 Å². The number of nitrogens with one attached hydrogen (secondary N) is 1. The molecule has 1 aromatic rings. The van der Waals surface area contributed by atoms with Gasteiger partial charge in [-0.15, -0.1) is 0 Å². The number of rotatable bonds is 5. The number of carbonyl (C=O) groups excluding carboxylic acids is 1. The molecule has 3 N–H and O–H groups in total. The SMILES string of the molecule is CCOC(=O)c1ccc(CN=C(N)NC2CCCCC2)o1. The maximum absolute atomic E-state index is 11.5. The lowest BCUT2D eigenvalue weighted by Crippen LogP contribution is -2.41. The highest BCUT2D eigenvalue weighted by Crippen LogP contribution is 2.17. The predicted octanol–water partition coefficient (Wildman–Crippen LogP) is 2.19. The van der Waals surface area contributed by atoms with Crippen LogP contribution >= 0.6 is 0 Å². The number of esters is 1. The van der Waals surface area contributed by atoms with Gasteiger partial charge in [0.25, 0.3) is 0 Å². The lowest BCUT2D eigenvalue weighted by molar-refractivity contribution is 0.0488. The van der Waals surface area contributed by atoms with Crippen LogP contribution in [0.15, 0.2) is 21.5 Å². The van der Waals surface area contributed by atoms with Crippen molar-refractivity contribution in [3.8, 4) is 0 Å². The zero-order valence-corrected chi connectivity index (χ0v) is 12.4. The number of ether oxygens (including phenoxy) is 1. The van der Waals surface area contributed by atoms with Gasteiger partial charge in [0.15, 0.2) is 5.96 Å². The van der Waals surface area contributed by atoms with E-state index in [9.17, 15) is 4.79 Å². The lowest BCUT2D eigenvalue weighted by Gasteiger charge is -2.23. The van der Waals surface area contributed by atoms with Gasteiger partial charge >= 0.3 is 5.97 Å². The first-order valence-corrected chi connectivity index (χ1v) is 7.51. The van der Waals surface area contributed by atoms with E-state index in [0.717, 1.165) is 12.8 Å². The number of aliphatic imine (C=N–C) groups is 1. The van der Waals surface area contributed by atoms with Crippen molar-refractivity contribution in [1.29, 1.82) is 0 Å². The highest BCUT2D eigenvalue weighted by Gasteiger charge is 2.14. The highest BCUT2D eigenvalue weighted by molar-refractivity contribution is 5.86.